The van der Waals surface area contributed by atoms with Crippen LogP contribution in [0.3, 0.4) is 0 Å². The number of likely N-dealkylation sites (N-methyl/N-ethyl adjacent to an activating group) is 1. The van der Waals surface area contributed by atoms with Gasteiger partial charge in [-0.3, -0.25) is 24.6 Å². The molecule has 3 amide bonds. The number of aromatic nitrogens is 1. The molecule has 2 aromatic heterocycles. The predicted octanol–water partition coefficient (Wildman–Crippen LogP) is 2.28. The number of thiocarbonyl (C=S) groups is 1. The predicted molar refractivity (Wildman–Crippen MR) is 120 cm³/mol. The molecule has 0 radical (unpaired) electrons. The number of thiophene rings is 1. The second-order valence-corrected chi connectivity index (χ2v) is 8.19. The third-order valence-corrected chi connectivity index (χ3v) is 6.03. The van der Waals surface area contributed by atoms with E-state index >= 15 is 0 Å². The highest BCUT2D eigenvalue weighted by Gasteiger charge is 2.31. The van der Waals surface area contributed by atoms with Crippen molar-refractivity contribution in [2.75, 3.05) is 7.05 Å². The zero-order valence-electron chi connectivity index (χ0n) is 16.0. The number of rotatable bonds is 5. The first-order valence-corrected chi connectivity index (χ1v) is 10.4. The summed E-state index contributed by atoms with van der Waals surface area (Å²) in [4.78, 5) is 39.6. The van der Waals surface area contributed by atoms with E-state index in [1.807, 2.05) is 46.3 Å². The van der Waals surface area contributed by atoms with Crippen molar-refractivity contribution in [3.63, 3.8) is 0 Å². The van der Waals surface area contributed by atoms with E-state index in [0.717, 1.165) is 15.8 Å². The molecule has 9 heteroatoms. The van der Waals surface area contributed by atoms with Gasteiger partial charge in [-0.15, -0.1) is 11.3 Å². The Kier molecular flexibility index (Phi) is 5.47. The molecule has 7 nitrogen and oxygen atoms in total. The number of carbonyl (C=O) groups excluding carboxylic acids is 3. The lowest BCUT2D eigenvalue weighted by molar-refractivity contribution is -0.128. The molecule has 0 unspecified atom stereocenters. The number of carbonyl (C=O) groups is 3. The monoisotopic (exact) mass is 438 g/mol. The fourth-order valence-corrected chi connectivity index (χ4v) is 4.05. The van der Waals surface area contributed by atoms with Crippen LogP contribution in [0.25, 0.3) is 17.0 Å². The molecule has 2 N–H and O–H groups in total. The van der Waals surface area contributed by atoms with E-state index in [0.29, 0.717) is 12.1 Å². The Bertz CT molecular complexity index is 1190. The highest BCUT2D eigenvalue weighted by molar-refractivity contribution is 7.80. The molecule has 3 aromatic rings. The van der Waals surface area contributed by atoms with Crippen molar-refractivity contribution >= 4 is 63.4 Å². The van der Waals surface area contributed by atoms with Gasteiger partial charge in [-0.25, -0.2) is 0 Å². The maximum atomic E-state index is 12.5. The number of hydrogen-bond donors (Lipinski definition) is 2. The van der Waals surface area contributed by atoms with Crippen LogP contribution in [-0.2, 0) is 27.5 Å². The first-order valence-electron chi connectivity index (χ1n) is 9.16. The van der Waals surface area contributed by atoms with Crippen molar-refractivity contribution in [3.8, 4) is 0 Å². The maximum absolute atomic E-state index is 12.5. The third kappa shape index (κ3) is 3.89. The molecule has 1 aliphatic rings. The first kappa shape index (κ1) is 20.0. The van der Waals surface area contributed by atoms with Gasteiger partial charge in [0, 0.05) is 34.6 Å². The molecular formula is C21H18N4O3S2. The molecule has 152 valence electrons. The Labute approximate surface area is 182 Å². The number of fused-ring (bicyclic) bond motifs is 1. The summed E-state index contributed by atoms with van der Waals surface area (Å²) < 4.78 is 1.81. The molecule has 0 atom stereocenters. The first-order chi connectivity index (χ1) is 14.4. The fraction of sp³-hybridized carbons (Fsp3) is 0.143. The van der Waals surface area contributed by atoms with Crippen molar-refractivity contribution in [1.29, 1.82) is 0 Å². The van der Waals surface area contributed by atoms with Gasteiger partial charge in [0.1, 0.15) is 12.1 Å². The Morgan fingerprint density at radius 1 is 1.23 bits per heavy atom. The van der Waals surface area contributed by atoms with E-state index in [-0.39, 0.29) is 23.1 Å². The van der Waals surface area contributed by atoms with Crippen LogP contribution in [0.4, 0.5) is 0 Å². The molecule has 0 bridgehead atoms. The van der Waals surface area contributed by atoms with Crippen LogP contribution in [0.2, 0.25) is 0 Å². The largest absolute Gasteiger partial charge is 0.350 e. The lowest BCUT2D eigenvalue weighted by Gasteiger charge is -2.24. The summed E-state index contributed by atoms with van der Waals surface area (Å²) in [6.07, 6.45) is 3.31. The fourth-order valence-electron chi connectivity index (χ4n) is 3.23. The van der Waals surface area contributed by atoms with Crippen molar-refractivity contribution in [2.45, 2.75) is 13.1 Å². The lowest BCUT2D eigenvalue weighted by atomic mass is 10.1. The topological polar surface area (TPSA) is 83.4 Å². The summed E-state index contributed by atoms with van der Waals surface area (Å²) in [5.41, 5.74) is 1.51. The molecule has 4 rings (SSSR count). The van der Waals surface area contributed by atoms with Gasteiger partial charge in [0.25, 0.3) is 11.8 Å². The number of para-hydroxylation sites is 1. The van der Waals surface area contributed by atoms with Crippen LogP contribution in [0.15, 0.2) is 53.5 Å². The van der Waals surface area contributed by atoms with Crippen LogP contribution in [0.5, 0.6) is 0 Å². The van der Waals surface area contributed by atoms with E-state index in [1.165, 1.54) is 11.9 Å². The number of nitrogens with one attached hydrogen (secondary N) is 2. The molecule has 1 fully saturated rings. The number of benzene rings is 1. The highest BCUT2D eigenvalue weighted by Crippen LogP contribution is 2.25. The minimum Gasteiger partial charge on any atom is -0.350 e. The molecule has 30 heavy (non-hydrogen) atoms. The maximum Gasteiger partial charge on any atom is 0.265 e. The Morgan fingerprint density at radius 2 is 2.03 bits per heavy atom. The molecule has 1 saturated heterocycles. The summed E-state index contributed by atoms with van der Waals surface area (Å²) in [5, 5.41) is 8.30. The molecule has 0 saturated carbocycles. The SMILES string of the molecule is CN1C(=O)/C(=C\c2cn(CC(=O)NCc3cccs3)c3ccccc23)C(=O)NC1=S. The van der Waals surface area contributed by atoms with Crippen LogP contribution in [0, 0.1) is 0 Å². The zero-order valence-corrected chi connectivity index (χ0v) is 17.7. The van der Waals surface area contributed by atoms with E-state index in [4.69, 9.17) is 12.2 Å². The summed E-state index contributed by atoms with van der Waals surface area (Å²) >= 11 is 6.57. The Balaban J connectivity index is 1.62. The second kappa shape index (κ2) is 8.21. The van der Waals surface area contributed by atoms with Crippen LogP contribution >= 0.6 is 23.6 Å². The van der Waals surface area contributed by atoms with Gasteiger partial charge in [0.15, 0.2) is 5.11 Å². The van der Waals surface area contributed by atoms with E-state index in [1.54, 1.807) is 23.6 Å². The van der Waals surface area contributed by atoms with Gasteiger partial charge >= 0.3 is 0 Å². The van der Waals surface area contributed by atoms with Gasteiger partial charge in [0.2, 0.25) is 5.91 Å². The summed E-state index contributed by atoms with van der Waals surface area (Å²) in [6, 6.07) is 11.4. The molecular weight excluding hydrogens is 420 g/mol. The van der Waals surface area contributed by atoms with Crippen molar-refractivity contribution < 1.29 is 14.4 Å². The Hall–Kier alpha value is -3.30. The van der Waals surface area contributed by atoms with Gasteiger partial charge in [-0.1, -0.05) is 24.3 Å². The number of amides is 3. The Morgan fingerprint density at radius 3 is 2.80 bits per heavy atom. The molecule has 3 heterocycles. The number of hydrogen-bond acceptors (Lipinski definition) is 5. The van der Waals surface area contributed by atoms with Crippen LogP contribution < -0.4 is 10.6 Å². The van der Waals surface area contributed by atoms with Crippen molar-refractivity contribution in [1.82, 2.24) is 20.1 Å². The second-order valence-electron chi connectivity index (χ2n) is 6.77. The van der Waals surface area contributed by atoms with Crippen LogP contribution in [-0.4, -0.2) is 39.3 Å². The van der Waals surface area contributed by atoms with Crippen LogP contribution in [0.1, 0.15) is 10.4 Å². The smallest absolute Gasteiger partial charge is 0.265 e. The normalized spacial score (nSPS) is 15.7. The average molecular weight is 439 g/mol. The number of nitrogens with zero attached hydrogens (tertiary/aromatic N) is 2. The van der Waals surface area contributed by atoms with Gasteiger partial charge < -0.3 is 9.88 Å². The molecule has 0 spiro atoms. The van der Waals surface area contributed by atoms with Gasteiger partial charge in [0.05, 0.1) is 6.54 Å². The lowest BCUT2D eigenvalue weighted by Crippen LogP contribution is -2.52. The van der Waals surface area contributed by atoms with Crippen molar-refractivity contribution in [2.24, 2.45) is 0 Å². The standard InChI is InChI=1S/C21H18N4O3S2/c1-24-20(28)16(19(27)23-21(24)29)9-13-11-25(17-7-3-2-6-15(13)17)12-18(26)22-10-14-5-4-8-30-14/h2-9,11H,10,12H2,1H3,(H,22,26)(H,23,27,29)/b16-9-. The molecule has 1 aliphatic heterocycles. The van der Waals surface area contributed by atoms with Gasteiger partial charge in [-0.05, 0) is 35.8 Å². The highest BCUT2D eigenvalue weighted by atomic mass is 32.1. The summed E-state index contributed by atoms with van der Waals surface area (Å²) in [6.45, 7) is 0.604. The van der Waals surface area contributed by atoms with E-state index < -0.39 is 11.8 Å². The van der Waals surface area contributed by atoms with E-state index in [9.17, 15) is 14.4 Å². The summed E-state index contributed by atoms with van der Waals surface area (Å²) in [5.74, 6) is -1.12. The molecule has 0 aliphatic carbocycles. The average Bonchev–Trinajstić information content (AvgIpc) is 3.37. The quantitative estimate of drug-likeness (QED) is 0.364. The summed E-state index contributed by atoms with van der Waals surface area (Å²) in [7, 11) is 1.51. The third-order valence-electron chi connectivity index (χ3n) is 4.78. The minimum atomic E-state index is -0.534. The van der Waals surface area contributed by atoms with E-state index in [2.05, 4.69) is 10.6 Å². The van der Waals surface area contributed by atoms with Gasteiger partial charge in [-0.2, -0.15) is 0 Å². The molecule has 1 aromatic carbocycles. The minimum absolute atomic E-state index is 0.00356. The zero-order chi connectivity index (χ0) is 21.3. The van der Waals surface area contributed by atoms with Crippen molar-refractivity contribution in [3.05, 3.63) is 64.0 Å².